The highest BCUT2D eigenvalue weighted by Gasteiger charge is 2.28. The minimum atomic E-state index is -4.90. The number of unbranched alkanes of at least 4 members (excludes halogenated alkanes) is 12. The molecule has 0 spiro atoms. The van der Waals surface area contributed by atoms with Crippen molar-refractivity contribution >= 4 is 27.6 Å². The Morgan fingerprint density at radius 2 is 1.03 bits per heavy atom. The van der Waals surface area contributed by atoms with Crippen LogP contribution in [0, 0.1) is 0 Å². The van der Waals surface area contributed by atoms with Gasteiger partial charge in [-0.3, -0.25) is 23.2 Å². The predicted molar refractivity (Wildman–Crippen MR) is 228 cm³/mol. The lowest BCUT2D eigenvalue weighted by molar-refractivity contribution is -0.161. The van der Waals surface area contributed by atoms with Crippen LogP contribution in [0.5, 0.6) is 0 Å². The summed E-state index contributed by atoms with van der Waals surface area (Å²) < 4.78 is 47.5. The zero-order valence-corrected chi connectivity index (χ0v) is 37.4. The number of phosphoric acid groups is 2. The highest BCUT2D eigenvalue weighted by atomic mass is 31.2. The third kappa shape index (κ3) is 39.9. The second kappa shape index (κ2) is 37.7. The summed E-state index contributed by atoms with van der Waals surface area (Å²) in [7, 11) is -9.79. The second-order valence-corrected chi connectivity index (χ2v) is 17.3. The third-order valence-electron chi connectivity index (χ3n) is 8.88. The van der Waals surface area contributed by atoms with E-state index in [9.17, 15) is 38.9 Å². The van der Waals surface area contributed by atoms with Gasteiger partial charge in [0.05, 0.1) is 32.0 Å². The van der Waals surface area contributed by atoms with Crippen molar-refractivity contribution in [1.82, 2.24) is 0 Å². The van der Waals surface area contributed by atoms with Gasteiger partial charge < -0.3 is 39.5 Å². The Kier molecular flexibility index (Phi) is 36.5. The van der Waals surface area contributed by atoms with Gasteiger partial charge in [0.15, 0.2) is 6.10 Å². The maximum atomic E-state index is 12.7. The molecule has 0 saturated heterocycles. The van der Waals surface area contributed by atoms with Gasteiger partial charge in [-0.05, 0) is 77.0 Å². The first kappa shape index (κ1) is 57.0. The number of ether oxygens (including phenoxy) is 2. The average molecular weight is 883 g/mol. The Labute approximate surface area is 353 Å². The van der Waals surface area contributed by atoms with Gasteiger partial charge in [0.1, 0.15) is 12.7 Å². The molecular weight excluding hydrogens is 806 g/mol. The summed E-state index contributed by atoms with van der Waals surface area (Å²) in [5.41, 5.74) is 0. The van der Waals surface area contributed by atoms with Gasteiger partial charge in [-0.25, -0.2) is 9.13 Å². The standard InChI is InChI=1S/C42H76O15P2/c1-3-5-7-9-11-13-15-17-19-21-23-25-27-31-41(46)53-35-38(36-56-59(51,52)55-34-37(43)33-54-58(48,49)50)57-42(47)32-28-30-40(45)39(44)29-26-24-22-20-18-16-14-12-10-8-6-4-2/h12-15,18,20,24,26,37-40,43-45H,3-11,16-17,19,21-23,25,27-36H2,1-2H3,(H,51,52)(H2,48,49,50)/b14-12-,15-13-,20-18-,26-24-/t37-,38+,39?,40?/m0/s1. The molecule has 0 amide bonds. The quantitative estimate of drug-likeness (QED) is 0.0146. The summed E-state index contributed by atoms with van der Waals surface area (Å²) in [5, 5.41) is 30.5. The third-order valence-corrected chi connectivity index (χ3v) is 10.3. The minimum Gasteiger partial charge on any atom is -0.462 e. The fourth-order valence-electron chi connectivity index (χ4n) is 5.44. The number of phosphoric ester groups is 2. The van der Waals surface area contributed by atoms with Crippen molar-refractivity contribution in [3.05, 3.63) is 48.6 Å². The molecule has 0 aromatic carbocycles. The number of hydrogen-bond acceptors (Lipinski definition) is 12. The fourth-order valence-corrected chi connectivity index (χ4v) is 6.60. The van der Waals surface area contributed by atoms with E-state index in [4.69, 9.17) is 23.8 Å². The summed E-state index contributed by atoms with van der Waals surface area (Å²) in [4.78, 5) is 52.7. The first-order valence-corrected chi connectivity index (χ1v) is 24.5. The molecule has 0 aromatic heterocycles. The van der Waals surface area contributed by atoms with Crippen LogP contribution in [0.4, 0.5) is 0 Å². The van der Waals surface area contributed by atoms with E-state index in [1.807, 2.05) is 12.2 Å². The lowest BCUT2D eigenvalue weighted by Gasteiger charge is -2.21. The van der Waals surface area contributed by atoms with E-state index in [-0.39, 0.29) is 32.1 Å². The smallest absolute Gasteiger partial charge is 0.462 e. The van der Waals surface area contributed by atoms with Crippen LogP contribution in [0.15, 0.2) is 48.6 Å². The number of aliphatic hydroxyl groups excluding tert-OH is 3. The van der Waals surface area contributed by atoms with Gasteiger partial charge in [-0.15, -0.1) is 0 Å². The topological polar surface area (TPSA) is 236 Å². The van der Waals surface area contributed by atoms with Crippen LogP contribution in [-0.4, -0.2) is 92.8 Å². The maximum absolute atomic E-state index is 12.7. The second-order valence-electron chi connectivity index (χ2n) is 14.6. The Hall–Kier alpha value is -2.00. The molecule has 0 aliphatic rings. The number of esters is 2. The molecule has 0 aromatic rings. The van der Waals surface area contributed by atoms with Gasteiger partial charge in [0.2, 0.25) is 0 Å². The first-order chi connectivity index (χ1) is 28.2. The van der Waals surface area contributed by atoms with Crippen LogP contribution in [0.1, 0.15) is 155 Å². The van der Waals surface area contributed by atoms with E-state index < -0.39 is 78.4 Å². The lowest BCUT2D eigenvalue weighted by atomic mass is 10.0. The molecule has 3 unspecified atom stereocenters. The highest BCUT2D eigenvalue weighted by molar-refractivity contribution is 7.47. The Balaban J connectivity index is 4.80. The van der Waals surface area contributed by atoms with Crippen molar-refractivity contribution < 1.29 is 71.8 Å². The van der Waals surface area contributed by atoms with Crippen LogP contribution in [0.3, 0.4) is 0 Å². The van der Waals surface area contributed by atoms with Crippen molar-refractivity contribution in [3.8, 4) is 0 Å². The minimum absolute atomic E-state index is 0.0916. The van der Waals surface area contributed by atoms with Crippen molar-refractivity contribution in [1.29, 1.82) is 0 Å². The molecule has 5 atom stereocenters. The maximum Gasteiger partial charge on any atom is 0.472 e. The van der Waals surface area contributed by atoms with Gasteiger partial charge in [-0.2, -0.15) is 0 Å². The average Bonchev–Trinajstić information content (AvgIpc) is 3.19. The summed E-state index contributed by atoms with van der Waals surface area (Å²) in [6.45, 7) is 1.36. The van der Waals surface area contributed by atoms with E-state index in [1.54, 1.807) is 6.08 Å². The van der Waals surface area contributed by atoms with E-state index >= 15 is 0 Å². The van der Waals surface area contributed by atoms with Crippen molar-refractivity contribution in [3.63, 3.8) is 0 Å². The van der Waals surface area contributed by atoms with E-state index in [1.165, 1.54) is 44.9 Å². The molecule has 17 heteroatoms. The van der Waals surface area contributed by atoms with E-state index in [0.29, 0.717) is 12.8 Å². The number of carbonyl (C=O) groups excluding carboxylic acids is 2. The highest BCUT2D eigenvalue weighted by Crippen LogP contribution is 2.43. The molecule has 0 saturated carbocycles. The van der Waals surface area contributed by atoms with E-state index in [2.05, 4.69) is 53.3 Å². The molecule has 0 aliphatic carbocycles. The molecule has 344 valence electrons. The van der Waals surface area contributed by atoms with Crippen LogP contribution >= 0.6 is 15.6 Å². The zero-order chi connectivity index (χ0) is 44.0. The molecule has 6 N–H and O–H groups in total. The lowest BCUT2D eigenvalue weighted by Crippen LogP contribution is -2.30. The molecule has 0 fully saturated rings. The number of hydrogen-bond donors (Lipinski definition) is 6. The van der Waals surface area contributed by atoms with Gasteiger partial charge in [-0.1, -0.05) is 114 Å². The predicted octanol–water partition coefficient (Wildman–Crippen LogP) is 8.61. The van der Waals surface area contributed by atoms with Crippen LogP contribution in [-0.2, 0) is 41.8 Å². The number of rotatable bonds is 40. The van der Waals surface area contributed by atoms with Gasteiger partial charge in [0, 0.05) is 12.8 Å². The molecule has 0 radical (unpaired) electrons. The Morgan fingerprint density at radius 3 is 1.68 bits per heavy atom. The van der Waals surface area contributed by atoms with Crippen LogP contribution in [0.2, 0.25) is 0 Å². The van der Waals surface area contributed by atoms with Gasteiger partial charge >= 0.3 is 27.6 Å². The molecular formula is C42H76O15P2. The molecule has 0 rings (SSSR count). The number of allylic oxidation sites excluding steroid dienone is 7. The molecule has 15 nitrogen and oxygen atoms in total. The largest absolute Gasteiger partial charge is 0.472 e. The van der Waals surface area contributed by atoms with Crippen LogP contribution < -0.4 is 0 Å². The van der Waals surface area contributed by atoms with Crippen molar-refractivity contribution in [2.45, 2.75) is 180 Å². The normalized spacial score (nSPS) is 15.6. The Morgan fingerprint density at radius 1 is 0.542 bits per heavy atom. The molecule has 0 heterocycles. The molecule has 0 bridgehead atoms. The summed E-state index contributed by atoms with van der Waals surface area (Å²) in [6.07, 6.45) is 29.9. The summed E-state index contributed by atoms with van der Waals surface area (Å²) in [5.74, 6) is -1.33. The van der Waals surface area contributed by atoms with Gasteiger partial charge in [0.25, 0.3) is 0 Å². The number of aliphatic hydroxyl groups is 3. The zero-order valence-electron chi connectivity index (χ0n) is 35.6. The Bertz CT molecular complexity index is 1270. The monoisotopic (exact) mass is 882 g/mol. The fraction of sp³-hybridized carbons (Fsp3) is 0.762. The molecule has 59 heavy (non-hydrogen) atoms. The van der Waals surface area contributed by atoms with E-state index in [0.717, 1.165) is 51.4 Å². The SMILES string of the molecule is CCCCC/C=C\C/C=C\C/C=C\CC(O)C(O)CCCC(=O)O[C@H](COC(=O)CCCCCCC/C=C\CCCCCC)COP(=O)(O)OC[C@@H](O)COP(=O)(O)O. The number of carbonyl (C=O) groups is 2. The molecule has 0 aliphatic heterocycles. The van der Waals surface area contributed by atoms with Crippen LogP contribution in [0.25, 0.3) is 0 Å². The van der Waals surface area contributed by atoms with Crippen molar-refractivity contribution in [2.24, 2.45) is 0 Å². The first-order valence-electron chi connectivity index (χ1n) is 21.5. The summed E-state index contributed by atoms with van der Waals surface area (Å²) in [6, 6.07) is 0. The summed E-state index contributed by atoms with van der Waals surface area (Å²) >= 11 is 0. The van der Waals surface area contributed by atoms with Crippen molar-refractivity contribution in [2.75, 3.05) is 26.4 Å².